The number of nitriles is 3. The first-order valence-electron chi connectivity index (χ1n) is 16.3. The number of rotatable bonds is 4. The van der Waals surface area contributed by atoms with Crippen LogP contribution in [0.4, 0.5) is 0 Å². The normalized spacial score (nSPS) is 11.1. The molecule has 0 spiro atoms. The predicted octanol–water partition coefficient (Wildman–Crippen LogP) is 10.8. The van der Waals surface area contributed by atoms with Crippen LogP contribution in [0.3, 0.4) is 0 Å². The molecule has 0 bridgehead atoms. The zero-order valence-corrected chi connectivity index (χ0v) is 26.7. The Morgan fingerprint density at radius 2 is 0.940 bits per heavy atom. The molecule has 0 radical (unpaired) electrons. The van der Waals surface area contributed by atoms with Crippen molar-refractivity contribution in [2.45, 2.75) is 0 Å². The zero-order chi connectivity index (χ0) is 33.8. The SMILES string of the molecule is N#Cc1ccc2c(c1)c1cccc(C#N)c1n2-c1ccccc1-c1ccccc1-c1cccc(-n2c3ccccc3c3ccccc32)c1C#N. The summed E-state index contributed by atoms with van der Waals surface area (Å²) in [5, 5.41) is 34.9. The van der Waals surface area contributed by atoms with E-state index < -0.39 is 0 Å². The number of fused-ring (bicyclic) bond motifs is 6. The van der Waals surface area contributed by atoms with E-state index in [1.54, 1.807) is 0 Å². The highest BCUT2D eigenvalue weighted by Crippen LogP contribution is 2.42. The molecule has 0 N–H and O–H groups in total. The van der Waals surface area contributed by atoms with E-state index in [1.165, 1.54) is 0 Å². The quantitative estimate of drug-likeness (QED) is 0.193. The maximum atomic E-state index is 10.9. The standard InChI is InChI=1S/C45H25N5/c46-26-29-23-24-44-38(25-29)37-18-9-11-30(27-47)45(37)50(44)42-21-8-3-14-34(42)32-13-2-1-12-31(32)33-17-10-22-43(39(33)28-48)49-40-19-6-4-15-35(40)36-16-5-7-20-41(36)49/h1-25H. The van der Waals surface area contributed by atoms with Gasteiger partial charge in [-0.25, -0.2) is 0 Å². The van der Waals surface area contributed by atoms with Gasteiger partial charge in [0.15, 0.2) is 0 Å². The van der Waals surface area contributed by atoms with Crippen molar-refractivity contribution in [2.24, 2.45) is 0 Å². The molecule has 0 atom stereocenters. The van der Waals surface area contributed by atoms with Gasteiger partial charge in [-0.05, 0) is 59.7 Å². The number of hydrogen-bond acceptors (Lipinski definition) is 3. The third-order valence-electron chi connectivity index (χ3n) is 9.66. The molecule has 9 aromatic rings. The number of para-hydroxylation sites is 4. The number of hydrogen-bond donors (Lipinski definition) is 0. The van der Waals surface area contributed by atoms with Crippen LogP contribution in [-0.4, -0.2) is 9.13 Å². The Labute approximate surface area is 287 Å². The molecule has 0 fully saturated rings. The van der Waals surface area contributed by atoms with Crippen LogP contribution in [-0.2, 0) is 0 Å². The summed E-state index contributed by atoms with van der Waals surface area (Å²) in [6, 6.07) is 57.7. The molecule has 50 heavy (non-hydrogen) atoms. The molecule has 0 amide bonds. The molecule has 0 saturated carbocycles. The van der Waals surface area contributed by atoms with E-state index >= 15 is 0 Å². The third-order valence-corrected chi connectivity index (χ3v) is 9.66. The van der Waals surface area contributed by atoms with E-state index in [1.807, 2.05) is 103 Å². The molecule has 0 aliphatic rings. The molecular weight excluding hydrogens is 611 g/mol. The second-order valence-electron chi connectivity index (χ2n) is 12.2. The lowest BCUT2D eigenvalue weighted by Gasteiger charge is -2.19. The van der Waals surface area contributed by atoms with E-state index in [9.17, 15) is 15.8 Å². The van der Waals surface area contributed by atoms with Gasteiger partial charge in [-0.2, -0.15) is 15.8 Å². The molecule has 9 rings (SSSR count). The Hall–Kier alpha value is -7.39. The second kappa shape index (κ2) is 11.4. The van der Waals surface area contributed by atoms with Crippen molar-refractivity contribution in [3.05, 3.63) is 168 Å². The monoisotopic (exact) mass is 635 g/mol. The second-order valence-corrected chi connectivity index (χ2v) is 12.2. The third kappa shape index (κ3) is 4.17. The molecule has 0 aliphatic heterocycles. The smallest absolute Gasteiger partial charge is 0.102 e. The molecule has 0 unspecified atom stereocenters. The number of aromatic nitrogens is 2. The van der Waals surface area contributed by atoms with Gasteiger partial charge in [0, 0.05) is 32.7 Å². The fourth-order valence-electron chi connectivity index (χ4n) is 7.58. The molecule has 5 nitrogen and oxygen atoms in total. The largest absolute Gasteiger partial charge is 0.308 e. The summed E-state index contributed by atoms with van der Waals surface area (Å²) in [7, 11) is 0. The lowest BCUT2D eigenvalue weighted by atomic mass is 9.90. The van der Waals surface area contributed by atoms with Gasteiger partial charge < -0.3 is 9.13 Å². The molecule has 5 heteroatoms. The van der Waals surface area contributed by atoms with E-state index in [2.05, 4.69) is 75.9 Å². The van der Waals surface area contributed by atoms with Gasteiger partial charge in [0.25, 0.3) is 0 Å². The van der Waals surface area contributed by atoms with Crippen molar-refractivity contribution in [3.63, 3.8) is 0 Å². The Morgan fingerprint density at radius 1 is 0.380 bits per heavy atom. The molecule has 230 valence electrons. The Morgan fingerprint density at radius 3 is 1.64 bits per heavy atom. The van der Waals surface area contributed by atoms with Crippen molar-refractivity contribution in [3.8, 4) is 51.8 Å². The summed E-state index contributed by atoms with van der Waals surface area (Å²) < 4.78 is 4.33. The lowest BCUT2D eigenvalue weighted by molar-refractivity contribution is 1.17. The Balaban J connectivity index is 1.32. The van der Waals surface area contributed by atoms with Crippen LogP contribution in [0.1, 0.15) is 16.7 Å². The highest BCUT2D eigenvalue weighted by Gasteiger charge is 2.22. The van der Waals surface area contributed by atoms with Gasteiger partial charge in [-0.1, -0.05) is 103 Å². The van der Waals surface area contributed by atoms with E-state index in [-0.39, 0.29) is 0 Å². The van der Waals surface area contributed by atoms with E-state index in [0.29, 0.717) is 16.7 Å². The maximum absolute atomic E-state index is 10.9. The number of benzene rings is 7. The average Bonchev–Trinajstić information content (AvgIpc) is 3.70. The molecule has 0 saturated heterocycles. The fraction of sp³-hybridized carbons (Fsp3) is 0. The van der Waals surface area contributed by atoms with Crippen molar-refractivity contribution in [2.75, 3.05) is 0 Å². The summed E-state index contributed by atoms with van der Waals surface area (Å²) in [5.74, 6) is 0. The maximum Gasteiger partial charge on any atom is 0.102 e. The first-order valence-corrected chi connectivity index (χ1v) is 16.3. The van der Waals surface area contributed by atoms with E-state index in [0.717, 1.165) is 77.2 Å². The minimum atomic E-state index is 0.547. The first-order chi connectivity index (χ1) is 24.7. The molecule has 2 aromatic heterocycles. The van der Waals surface area contributed by atoms with Crippen LogP contribution in [0, 0.1) is 34.0 Å². The highest BCUT2D eigenvalue weighted by atomic mass is 15.0. The fourth-order valence-corrected chi connectivity index (χ4v) is 7.58. The van der Waals surface area contributed by atoms with Gasteiger partial charge in [0.1, 0.15) is 12.1 Å². The van der Waals surface area contributed by atoms with Gasteiger partial charge in [0.2, 0.25) is 0 Å². The lowest BCUT2D eigenvalue weighted by Crippen LogP contribution is -2.01. The zero-order valence-electron chi connectivity index (χ0n) is 26.7. The van der Waals surface area contributed by atoms with Gasteiger partial charge in [0.05, 0.1) is 56.2 Å². The molecule has 7 aromatic carbocycles. The predicted molar refractivity (Wildman–Crippen MR) is 200 cm³/mol. The van der Waals surface area contributed by atoms with Crippen LogP contribution in [0.25, 0.3) is 77.2 Å². The van der Waals surface area contributed by atoms with E-state index in [4.69, 9.17) is 0 Å². The first kappa shape index (κ1) is 28.8. The van der Waals surface area contributed by atoms with Gasteiger partial charge >= 0.3 is 0 Å². The van der Waals surface area contributed by atoms with Crippen molar-refractivity contribution >= 4 is 43.6 Å². The molecular formula is C45H25N5. The van der Waals surface area contributed by atoms with Gasteiger partial charge in [-0.15, -0.1) is 0 Å². The van der Waals surface area contributed by atoms with Crippen LogP contribution >= 0.6 is 0 Å². The highest BCUT2D eigenvalue weighted by molar-refractivity contribution is 6.12. The summed E-state index contributed by atoms with van der Waals surface area (Å²) >= 11 is 0. The van der Waals surface area contributed by atoms with Crippen LogP contribution in [0.2, 0.25) is 0 Å². The summed E-state index contributed by atoms with van der Waals surface area (Å²) in [6.07, 6.45) is 0. The average molecular weight is 636 g/mol. The summed E-state index contributed by atoms with van der Waals surface area (Å²) in [5.41, 5.74) is 10.8. The number of nitrogens with zero attached hydrogens (tertiary/aromatic N) is 5. The van der Waals surface area contributed by atoms with Crippen molar-refractivity contribution < 1.29 is 0 Å². The van der Waals surface area contributed by atoms with Crippen molar-refractivity contribution in [1.82, 2.24) is 9.13 Å². The van der Waals surface area contributed by atoms with Gasteiger partial charge in [-0.3, -0.25) is 0 Å². The molecule has 2 heterocycles. The minimum absolute atomic E-state index is 0.547. The molecule has 0 aliphatic carbocycles. The van der Waals surface area contributed by atoms with Crippen molar-refractivity contribution in [1.29, 1.82) is 15.8 Å². The Bertz CT molecular complexity index is 2920. The summed E-state index contributed by atoms with van der Waals surface area (Å²) in [6.45, 7) is 0. The van der Waals surface area contributed by atoms with Crippen LogP contribution in [0.15, 0.2) is 152 Å². The van der Waals surface area contributed by atoms with Crippen LogP contribution in [0.5, 0.6) is 0 Å². The van der Waals surface area contributed by atoms with Crippen LogP contribution < -0.4 is 0 Å². The topological polar surface area (TPSA) is 81.2 Å². The minimum Gasteiger partial charge on any atom is -0.308 e. The summed E-state index contributed by atoms with van der Waals surface area (Å²) in [4.78, 5) is 0. The Kier molecular flexibility index (Phi) is 6.56.